The first-order valence-electron chi connectivity index (χ1n) is 11.3. The van der Waals surface area contributed by atoms with E-state index in [-0.39, 0.29) is 11.0 Å². The Morgan fingerprint density at radius 1 is 1.13 bits per heavy atom. The second-order valence-electron chi connectivity index (χ2n) is 9.79. The van der Waals surface area contributed by atoms with Gasteiger partial charge in [0.25, 0.3) is 0 Å². The van der Waals surface area contributed by atoms with Crippen LogP contribution in [0.25, 0.3) is 0 Å². The molecule has 0 aliphatic heterocycles. The van der Waals surface area contributed by atoms with Gasteiger partial charge in [-0.1, -0.05) is 67.3 Å². The second kappa shape index (κ2) is 9.45. The summed E-state index contributed by atoms with van der Waals surface area (Å²) in [6, 6.07) is 0. The van der Waals surface area contributed by atoms with Crippen LogP contribution in [-0.2, 0) is 13.9 Å². The molecule has 0 aromatic carbocycles. The van der Waals surface area contributed by atoms with Crippen LogP contribution in [0, 0.1) is 40.2 Å². The average molecular weight is 427 g/mol. The zero-order chi connectivity index (χ0) is 21.8. The van der Waals surface area contributed by atoms with Gasteiger partial charge in [-0.05, 0) is 49.9 Å². The van der Waals surface area contributed by atoms with E-state index in [4.69, 9.17) is 13.9 Å². The summed E-state index contributed by atoms with van der Waals surface area (Å²) in [5.74, 6) is 7.65. The standard InChI is InChI=1S/C26H38O3Si/c1-7-14-26(20-21(2)23-19-24(26)25(23,3)4)29-30(17-10-15-27-5,18-11-16-28-6)22-12-8-9-13-22/h7,20,22-24H,1,8-9,12-16,19H2,2-6H3/t23-,24-,26-/m0/s1. The van der Waals surface area contributed by atoms with Gasteiger partial charge in [-0.25, -0.2) is 0 Å². The summed E-state index contributed by atoms with van der Waals surface area (Å²) in [5, 5.41) is 0. The van der Waals surface area contributed by atoms with E-state index < -0.39 is 8.32 Å². The van der Waals surface area contributed by atoms with Crippen molar-refractivity contribution in [2.75, 3.05) is 27.4 Å². The smallest absolute Gasteiger partial charge is 0.357 e. The molecule has 3 atom stereocenters. The first-order valence-corrected chi connectivity index (χ1v) is 13.3. The van der Waals surface area contributed by atoms with Crippen LogP contribution in [0.2, 0.25) is 5.54 Å². The second-order valence-corrected chi connectivity index (χ2v) is 12.8. The van der Waals surface area contributed by atoms with Crippen molar-refractivity contribution in [2.24, 2.45) is 17.3 Å². The van der Waals surface area contributed by atoms with E-state index in [1.807, 2.05) is 6.08 Å². The van der Waals surface area contributed by atoms with Gasteiger partial charge in [0.05, 0.1) is 5.60 Å². The Balaban J connectivity index is 2.10. The molecule has 0 N–H and O–H groups in total. The van der Waals surface area contributed by atoms with Gasteiger partial charge in [0.15, 0.2) is 0 Å². The third-order valence-electron chi connectivity index (χ3n) is 7.60. The first kappa shape index (κ1) is 23.4. The van der Waals surface area contributed by atoms with Crippen molar-refractivity contribution in [2.45, 2.75) is 70.4 Å². The minimum Gasteiger partial charge on any atom is -0.386 e. The number of rotatable bonds is 7. The van der Waals surface area contributed by atoms with Crippen molar-refractivity contribution in [3.05, 3.63) is 24.3 Å². The lowest BCUT2D eigenvalue weighted by molar-refractivity contribution is -0.125. The molecule has 0 aromatic heterocycles. The predicted octanol–water partition coefficient (Wildman–Crippen LogP) is 5.21. The van der Waals surface area contributed by atoms with Gasteiger partial charge in [-0.15, -0.1) is 6.58 Å². The van der Waals surface area contributed by atoms with Crippen molar-refractivity contribution in [1.82, 2.24) is 0 Å². The van der Waals surface area contributed by atoms with Gasteiger partial charge < -0.3 is 13.9 Å². The zero-order valence-electron chi connectivity index (χ0n) is 19.5. The molecule has 0 aromatic rings. The molecule has 164 valence electrons. The number of allylic oxidation sites excluding steroid dienone is 1. The van der Waals surface area contributed by atoms with Gasteiger partial charge in [-0.3, -0.25) is 0 Å². The number of hydrogen-bond acceptors (Lipinski definition) is 3. The van der Waals surface area contributed by atoms with Crippen LogP contribution in [0.4, 0.5) is 0 Å². The minimum absolute atomic E-state index is 0.234. The van der Waals surface area contributed by atoms with Gasteiger partial charge in [0, 0.05) is 19.8 Å². The molecule has 4 aliphatic carbocycles. The van der Waals surface area contributed by atoms with E-state index in [1.54, 1.807) is 14.2 Å². The highest BCUT2D eigenvalue weighted by Crippen LogP contribution is 2.65. The van der Waals surface area contributed by atoms with Gasteiger partial charge in [0.1, 0.15) is 13.2 Å². The number of fused-ring (bicyclic) bond motifs is 1. The van der Waals surface area contributed by atoms with Crippen molar-refractivity contribution in [1.29, 1.82) is 0 Å². The summed E-state index contributed by atoms with van der Waals surface area (Å²) in [6.45, 7) is 12.0. The maximum atomic E-state index is 7.37. The normalized spacial score (nSPS) is 29.7. The molecule has 4 rings (SSSR count). The fourth-order valence-electron chi connectivity index (χ4n) is 6.16. The molecule has 2 fully saturated rings. The van der Waals surface area contributed by atoms with Crippen molar-refractivity contribution >= 4 is 8.32 Å². The summed E-state index contributed by atoms with van der Waals surface area (Å²) in [5.41, 5.74) is 8.95. The van der Waals surface area contributed by atoms with Crippen molar-refractivity contribution < 1.29 is 13.9 Å². The molecule has 3 nitrogen and oxygen atoms in total. The lowest BCUT2D eigenvalue weighted by Crippen LogP contribution is -2.64. The van der Waals surface area contributed by atoms with E-state index >= 15 is 0 Å². The largest absolute Gasteiger partial charge is 0.386 e. The fraction of sp³-hybridized carbons (Fsp3) is 0.692. The maximum Gasteiger partial charge on any atom is 0.357 e. The van der Waals surface area contributed by atoms with Crippen LogP contribution in [0.5, 0.6) is 0 Å². The van der Waals surface area contributed by atoms with Crippen LogP contribution < -0.4 is 0 Å². The molecular weight excluding hydrogens is 388 g/mol. The van der Waals surface area contributed by atoms with E-state index in [0.717, 1.165) is 19.3 Å². The SMILES string of the molecule is C=CC[C@]1(O[Si](C#CCOC)(C#CCOC)C2CCCC2)C=C(C)[C@@H]2C[C@H]1C2(C)C. The molecule has 4 aliphatic rings. The molecule has 30 heavy (non-hydrogen) atoms. The number of hydrogen-bond donors (Lipinski definition) is 0. The number of ether oxygens (including phenoxy) is 2. The molecule has 2 saturated carbocycles. The number of methoxy groups -OCH3 is 2. The fourth-order valence-corrected chi connectivity index (χ4v) is 9.68. The monoisotopic (exact) mass is 426 g/mol. The summed E-state index contributed by atoms with van der Waals surface area (Å²) < 4.78 is 17.9. The van der Waals surface area contributed by atoms with Crippen LogP contribution in [0.1, 0.15) is 59.3 Å². The third-order valence-corrected chi connectivity index (χ3v) is 11.1. The van der Waals surface area contributed by atoms with Gasteiger partial charge in [0.2, 0.25) is 0 Å². The summed E-state index contributed by atoms with van der Waals surface area (Å²) in [7, 11) is 0.660. The molecule has 0 heterocycles. The summed E-state index contributed by atoms with van der Waals surface area (Å²) in [6.07, 6.45) is 11.2. The molecule has 0 saturated heterocycles. The average Bonchev–Trinajstić information content (AvgIpc) is 3.23. The summed E-state index contributed by atoms with van der Waals surface area (Å²) in [4.78, 5) is 0. The predicted molar refractivity (Wildman–Crippen MR) is 125 cm³/mol. The molecule has 4 heteroatoms. The molecule has 0 spiro atoms. The zero-order valence-corrected chi connectivity index (χ0v) is 20.5. The topological polar surface area (TPSA) is 27.7 Å². The molecular formula is C26H38O3Si. The van der Waals surface area contributed by atoms with E-state index in [9.17, 15) is 0 Å². The Kier molecular flexibility index (Phi) is 7.36. The van der Waals surface area contributed by atoms with Crippen molar-refractivity contribution in [3.63, 3.8) is 0 Å². The van der Waals surface area contributed by atoms with E-state index in [2.05, 4.69) is 56.4 Å². The molecule has 0 amide bonds. The minimum atomic E-state index is -2.72. The van der Waals surface area contributed by atoms with Crippen molar-refractivity contribution in [3.8, 4) is 22.9 Å². The van der Waals surface area contributed by atoms with Crippen LogP contribution in [0.15, 0.2) is 24.3 Å². The molecule has 2 bridgehead atoms. The van der Waals surface area contributed by atoms with Crippen LogP contribution in [0.3, 0.4) is 0 Å². The Morgan fingerprint density at radius 3 is 2.20 bits per heavy atom. The highest BCUT2D eigenvalue weighted by Gasteiger charge is 2.63. The third kappa shape index (κ3) is 4.21. The Morgan fingerprint density at radius 2 is 1.73 bits per heavy atom. The Labute approximate surface area is 184 Å². The highest BCUT2D eigenvalue weighted by atomic mass is 28.4. The van der Waals surface area contributed by atoms with Crippen LogP contribution in [-0.4, -0.2) is 41.4 Å². The molecule has 0 radical (unpaired) electrons. The maximum absolute atomic E-state index is 7.37. The van der Waals surface area contributed by atoms with E-state index in [1.165, 1.54) is 24.8 Å². The Bertz CT molecular complexity index is 761. The van der Waals surface area contributed by atoms with Gasteiger partial charge in [-0.2, -0.15) is 0 Å². The van der Waals surface area contributed by atoms with E-state index in [0.29, 0.717) is 30.6 Å². The summed E-state index contributed by atoms with van der Waals surface area (Å²) >= 11 is 0. The first-order chi connectivity index (χ1) is 14.3. The highest BCUT2D eigenvalue weighted by molar-refractivity contribution is 6.90. The van der Waals surface area contributed by atoms with Gasteiger partial charge >= 0.3 is 8.32 Å². The molecule has 0 unspecified atom stereocenters. The van der Waals surface area contributed by atoms with Crippen LogP contribution >= 0.6 is 0 Å². The Hall–Kier alpha value is -1.30. The quantitative estimate of drug-likeness (QED) is 0.318. The lowest BCUT2D eigenvalue weighted by Gasteiger charge is -2.64. The lowest BCUT2D eigenvalue weighted by atomic mass is 9.44.